The second-order valence-electron chi connectivity index (χ2n) is 2.90. The van der Waals surface area contributed by atoms with Gasteiger partial charge in [0.15, 0.2) is 0 Å². The first-order valence-corrected chi connectivity index (χ1v) is 4.05. The predicted molar refractivity (Wildman–Crippen MR) is 45.2 cm³/mol. The summed E-state index contributed by atoms with van der Waals surface area (Å²) in [6, 6.07) is 1.13. The summed E-state index contributed by atoms with van der Waals surface area (Å²) >= 11 is 0. The van der Waals surface area contributed by atoms with Crippen molar-refractivity contribution in [1.29, 1.82) is 0 Å². The van der Waals surface area contributed by atoms with Crippen LogP contribution < -0.4 is 5.73 Å². The van der Waals surface area contributed by atoms with Crippen LogP contribution in [0.4, 0.5) is 13.2 Å². The van der Waals surface area contributed by atoms with E-state index in [0.717, 1.165) is 0 Å². The third kappa shape index (κ3) is 2.05. The van der Waals surface area contributed by atoms with Crippen LogP contribution in [0.5, 0.6) is 0 Å². The molecule has 5 heteroatoms. The maximum atomic E-state index is 13.1. The van der Waals surface area contributed by atoms with Gasteiger partial charge in [-0.25, -0.2) is 13.2 Å². The molecule has 0 bridgehead atoms. The molecule has 1 rings (SSSR count). The van der Waals surface area contributed by atoms with Crippen molar-refractivity contribution >= 4 is 0 Å². The molecule has 0 aliphatic heterocycles. The van der Waals surface area contributed by atoms with Gasteiger partial charge in [0.05, 0.1) is 6.61 Å². The van der Waals surface area contributed by atoms with E-state index in [0.29, 0.717) is 12.1 Å². The van der Waals surface area contributed by atoms with Crippen molar-refractivity contribution in [3.8, 4) is 0 Å². The van der Waals surface area contributed by atoms with Gasteiger partial charge in [-0.15, -0.1) is 0 Å². The van der Waals surface area contributed by atoms with E-state index in [4.69, 9.17) is 10.8 Å². The van der Waals surface area contributed by atoms with E-state index in [9.17, 15) is 13.2 Å². The Morgan fingerprint density at radius 1 is 1.21 bits per heavy atom. The molecule has 3 N–H and O–H groups in total. The minimum atomic E-state index is -1.02. The maximum absolute atomic E-state index is 13.1. The van der Waals surface area contributed by atoms with Crippen molar-refractivity contribution in [2.24, 2.45) is 5.73 Å². The Kier molecular flexibility index (Phi) is 3.49. The molecule has 78 valence electrons. The molecule has 0 saturated carbocycles. The normalized spacial score (nSPS) is 12.9. The van der Waals surface area contributed by atoms with Crippen LogP contribution in [-0.2, 0) is 0 Å². The molecule has 0 saturated heterocycles. The smallest absolute Gasteiger partial charge is 0.132 e. The summed E-state index contributed by atoms with van der Waals surface area (Å²) in [5.41, 5.74) is 4.84. The van der Waals surface area contributed by atoms with Crippen LogP contribution in [0.3, 0.4) is 0 Å². The molecule has 0 aromatic heterocycles. The minimum absolute atomic E-state index is 0.101. The quantitative estimate of drug-likeness (QED) is 0.777. The van der Waals surface area contributed by atoms with Crippen LogP contribution in [-0.4, -0.2) is 18.3 Å². The summed E-state index contributed by atoms with van der Waals surface area (Å²) < 4.78 is 38.7. The van der Waals surface area contributed by atoms with Gasteiger partial charge in [-0.3, -0.25) is 0 Å². The predicted octanol–water partition coefficient (Wildman–Crippen LogP) is 1.14. The van der Waals surface area contributed by atoms with Crippen LogP contribution in [0.25, 0.3) is 0 Å². The lowest BCUT2D eigenvalue weighted by Gasteiger charge is -2.13. The number of benzene rings is 1. The van der Waals surface area contributed by atoms with Gasteiger partial charge in [0.1, 0.15) is 17.5 Å². The van der Waals surface area contributed by atoms with Crippen molar-refractivity contribution in [2.75, 3.05) is 13.2 Å². The number of rotatable bonds is 3. The lowest BCUT2D eigenvalue weighted by Crippen LogP contribution is -2.19. The van der Waals surface area contributed by atoms with E-state index in [1.165, 1.54) is 0 Å². The zero-order valence-electron chi connectivity index (χ0n) is 7.30. The topological polar surface area (TPSA) is 46.2 Å². The van der Waals surface area contributed by atoms with E-state index in [1.807, 2.05) is 0 Å². The van der Waals surface area contributed by atoms with Gasteiger partial charge in [-0.2, -0.15) is 0 Å². The second-order valence-corrected chi connectivity index (χ2v) is 2.90. The minimum Gasteiger partial charge on any atom is -0.396 e. The monoisotopic (exact) mass is 205 g/mol. The Hall–Kier alpha value is -1.07. The van der Waals surface area contributed by atoms with E-state index < -0.39 is 30.0 Å². The third-order valence-corrected chi connectivity index (χ3v) is 1.96. The van der Waals surface area contributed by atoms with Crippen LogP contribution >= 0.6 is 0 Å². The van der Waals surface area contributed by atoms with Gasteiger partial charge in [0.2, 0.25) is 0 Å². The highest BCUT2D eigenvalue weighted by Crippen LogP contribution is 2.22. The van der Waals surface area contributed by atoms with Crippen molar-refractivity contribution < 1.29 is 18.3 Å². The fraction of sp³-hybridized carbons (Fsp3) is 0.333. The third-order valence-electron chi connectivity index (χ3n) is 1.96. The number of halogens is 3. The molecule has 1 aromatic rings. The number of aliphatic hydroxyl groups excluding tert-OH is 1. The van der Waals surface area contributed by atoms with Crippen molar-refractivity contribution in [3.05, 3.63) is 35.1 Å². The Balaban J connectivity index is 3.19. The molecule has 0 aliphatic rings. The molecule has 0 spiro atoms. The highest BCUT2D eigenvalue weighted by Gasteiger charge is 2.19. The molecule has 0 fully saturated rings. The summed E-state index contributed by atoms with van der Waals surface area (Å²) in [5.74, 6) is -3.87. The number of aliphatic hydroxyl groups is 1. The Morgan fingerprint density at radius 3 is 2.07 bits per heavy atom. The highest BCUT2D eigenvalue weighted by molar-refractivity contribution is 5.25. The van der Waals surface area contributed by atoms with Crippen LogP contribution in [0.2, 0.25) is 0 Å². The number of hydrogen-bond donors (Lipinski definition) is 2. The molecule has 0 amide bonds. The van der Waals surface area contributed by atoms with Gasteiger partial charge in [-0.05, 0) is 0 Å². The van der Waals surface area contributed by atoms with E-state index in [1.54, 1.807) is 0 Å². The first-order valence-electron chi connectivity index (χ1n) is 4.05. The first kappa shape index (κ1) is 11.0. The average Bonchev–Trinajstić information content (AvgIpc) is 2.10. The van der Waals surface area contributed by atoms with Gasteiger partial charge in [-0.1, -0.05) is 0 Å². The van der Waals surface area contributed by atoms with Gasteiger partial charge in [0.25, 0.3) is 0 Å². The van der Waals surface area contributed by atoms with Crippen LogP contribution in [0.1, 0.15) is 11.5 Å². The summed E-state index contributed by atoms with van der Waals surface area (Å²) in [4.78, 5) is 0. The summed E-state index contributed by atoms with van der Waals surface area (Å²) in [7, 11) is 0. The summed E-state index contributed by atoms with van der Waals surface area (Å²) in [6.07, 6.45) is 0. The van der Waals surface area contributed by atoms with E-state index >= 15 is 0 Å². The van der Waals surface area contributed by atoms with Gasteiger partial charge < -0.3 is 10.8 Å². The highest BCUT2D eigenvalue weighted by atomic mass is 19.1. The maximum Gasteiger partial charge on any atom is 0.132 e. The van der Waals surface area contributed by atoms with Crippen LogP contribution in [0.15, 0.2) is 12.1 Å². The second kappa shape index (κ2) is 4.43. The summed E-state index contributed by atoms with van der Waals surface area (Å²) in [5, 5.41) is 8.79. The Morgan fingerprint density at radius 2 is 1.71 bits per heavy atom. The molecule has 1 aromatic carbocycles. The van der Waals surface area contributed by atoms with Crippen molar-refractivity contribution in [3.63, 3.8) is 0 Å². The van der Waals surface area contributed by atoms with E-state index in [-0.39, 0.29) is 12.1 Å². The van der Waals surface area contributed by atoms with E-state index in [2.05, 4.69) is 0 Å². The van der Waals surface area contributed by atoms with Gasteiger partial charge >= 0.3 is 0 Å². The molecular weight excluding hydrogens is 195 g/mol. The Bertz CT molecular complexity index is 303. The van der Waals surface area contributed by atoms with Gasteiger partial charge in [0, 0.05) is 30.2 Å². The molecular formula is C9H10F3NO. The zero-order chi connectivity index (χ0) is 10.7. The lowest BCUT2D eigenvalue weighted by molar-refractivity contribution is 0.261. The fourth-order valence-electron chi connectivity index (χ4n) is 1.23. The van der Waals surface area contributed by atoms with Crippen molar-refractivity contribution in [2.45, 2.75) is 5.92 Å². The summed E-state index contributed by atoms with van der Waals surface area (Å²) in [6.45, 7) is -0.577. The average molecular weight is 205 g/mol. The molecule has 0 aliphatic carbocycles. The molecule has 1 unspecified atom stereocenters. The van der Waals surface area contributed by atoms with Crippen LogP contribution in [0, 0.1) is 17.5 Å². The SMILES string of the molecule is NCC(CO)c1c(F)cc(F)cc1F. The molecule has 0 heterocycles. The number of nitrogens with two attached hydrogens (primary N) is 1. The lowest BCUT2D eigenvalue weighted by atomic mass is 9.99. The molecule has 0 radical (unpaired) electrons. The Labute approximate surface area is 79.2 Å². The first-order chi connectivity index (χ1) is 6.60. The molecule has 1 atom stereocenters. The largest absolute Gasteiger partial charge is 0.396 e. The molecule has 2 nitrogen and oxygen atoms in total. The standard InChI is InChI=1S/C9H10F3NO/c10-6-1-7(11)9(8(12)2-6)5(3-13)4-14/h1-2,5,14H,3-4,13H2. The fourth-order valence-corrected chi connectivity index (χ4v) is 1.23. The number of hydrogen-bond acceptors (Lipinski definition) is 2. The zero-order valence-corrected chi connectivity index (χ0v) is 7.30. The molecule has 14 heavy (non-hydrogen) atoms. The van der Waals surface area contributed by atoms with Crippen molar-refractivity contribution in [1.82, 2.24) is 0 Å².